The van der Waals surface area contributed by atoms with Crippen LogP contribution >= 0.6 is 0 Å². The third-order valence-corrected chi connectivity index (χ3v) is 12.4. The lowest BCUT2D eigenvalue weighted by molar-refractivity contribution is -0.150. The van der Waals surface area contributed by atoms with Gasteiger partial charge in [0.15, 0.2) is 0 Å². The SMILES string of the molecule is CCCCCCCCC(CCCCCC)C(=O)OCCCCCCC(CCCCCCOC(=O)C(CCCCCC)CCCCCCCC)CCCCCC(C)=O. The largest absolute Gasteiger partial charge is 0.465 e. The first-order valence-electron chi connectivity index (χ1n) is 25.7. The van der Waals surface area contributed by atoms with E-state index >= 15 is 0 Å². The summed E-state index contributed by atoms with van der Waals surface area (Å²) in [6.07, 6.45) is 46.0. The van der Waals surface area contributed by atoms with Crippen LogP contribution in [0.1, 0.15) is 285 Å². The van der Waals surface area contributed by atoms with Crippen molar-refractivity contribution in [2.75, 3.05) is 13.2 Å². The van der Waals surface area contributed by atoms with Crippen LogP contribution in [0, 0.1) is 17.8 Å². The first-order chi connectivity index (χ1) is 27.9. The number of esters is 2. The van der Waals surface area contributed by atoms with Gasteiger partial charge in [0, 0.05) is 6.42 Å². The lowest BCUT2D eigenvalue weighted by atomic mass is 9.89. The normalized spacial score (nSPS) is 13.1. The van der Waals surface area contributed by atoms with Crippen LogP contribution < -0.4 is 0 Å². The monoisotopic (exact) mass is 805 g/mol. The Kier molecular flexibility index (Phi) is 43.1. The summed E-state index contributed by atoms with van der Waals surface area (Å²) in [6.45, 7) is 11.9. The zero-order valence-electron chi connectivity index (χ0n) is 39.3. The maximum atomic E-state index is 13.0. The summed E-state index contributed by atoms with van der Waals surface area (Å²) in [6, 6.07) is 0. The van der Waals surface area contributed by atoms with E-state index in [0.717, 1.165) is 102 Å². The van der Waals surface area contributed by atoms with Gasteiger partial charge < -0.3 is 14.3 Å². The Labute approximate surface area is 356 Å². The van der Waals surface area contributed by atoms with Gasteiger partial charge >= 0.3 is 11.9 Å². The number of hydrogen-bond acceptors (Lipinski definition) is 5. The van der Waals surface area contributed by atoms with Gasteiger partial charge in [-0.05, 0) is 57.8 Å². The van der Waals surface area contributed by atoms with Crippen molar-refractivity contribution < 1.29 is 23.9 Å². The predicted octanol–water partition coefficient (Wildman–Crippen LogP) is 16.8. The molecule has 57 heavy (non-hydrogen) atoms. The van der Waals surface area contributed by atoms with Gasteiger partial charge in [-0.15, -0.1) is 0 Å². The number of hydrogen-bond donors (Lipinski definition) is 0. The Morgan fingerprint density at radius 3 is 0.930 bits per heavy atom. The highest BCUT2D eigenvalue weighted by Gasteiger charge is 2.20. The Hall–Kier alpha value is -1.39. The minimum atomic E-state index is 0.0635. The van der Waals surface area contributed by atoms with E-state index in [1.54, 1.807) is 6.92 Å². The van der Waals surface area contributed by atoms with Gasteiger partial charge in [-0.3, -0.25) is 9.59 Å². The van der Waals surface area contributed by atoms with E-state index in [4.69, 9.17) is 9.47 Å². The van der Waals surface area contributed by atoms with Crippen LogP contribution in [0.4, 0.5) is 0 Å². The molecule has 0 N–H and O–H groups in total. The summed E-state index contributed by atoms with van der Waals surface area (Å²) in [4.78, 5) is 37.5. The van der Waals surface area contributed by atoms with Gasteiger partial charge in [0.2, 0.25) is 0 Å². The summed E-state index contributed by atoms with van der Waals surface area (Å²) >= 11 is 0. The summed E-state index contributed by atoms with van der Waals surface area (Å²) in [5.41, 5.74) is 0. The molecule has 0 rings (SSSR count). The summed E-state index contributed by atoms with van der Waals surface area (Å²) in [7, 11) is 0. The second-order valence-corrected chi connectivity index (χ2v) is 18.1. The molecule has 2 unspecified atom stereocenters. The summed E-state index contributed by atoms with van der Waals surface area (Å²) in [5, 5.41) is 0. The van der Waals surface area contributed by atoms with Crippen LogP contribution in [0.25, 0.3) is 0 Å². The fourth-order valence-corrected chi connectivity index (χ4v) is 8.51. The highest BCUT2D eigenvalue weighted by Crippen LogP contribution is 2.26. The molecule has 0 amide bonds. The molecule has 5 nitrogen and oxygen atoms in total. The first kappa shape index (κ1) is 55.6. The van der Waals surface area contributed by atoms with Gasteiger partial charge in [0.05, 0.1) is 25.0 Å². The van der Waals surface area contributed by atoms with Crippen molar-refractivity contribution in [2.24, 2.45) is 17.8 Å². The van der Waals surface area contributed by atoms with E-state index in [-0.39, 0.29) is 23.8 Å². The van der Waals surface area contributed by atoms with Crippen molar-refractivity contribution >= 4 is 17.7 Å². The highest BCUT2D eigenvalue weighted by atomic mass is 16.5. The van der Waals surface area contributed by atoms with Crippen LogP contribution in [0.5, 0.6) is 0 Å². The lowest BCUT2D eigenvalue weighted by Gasteiger charge is -2.18. The molecule has 0 bridgehead atoms. The average Bonchev–Trinajstić information content (AvgIpc) is 3.20. The summed E-state index contributed by atoms with van der Waals surface area (Å²) in [5.74, 6) is 1.38. The topological polar surface area (TPSA) is 69.7 Å². The molecular weight excluding hydrogens is 705 g/mol. The number of carbonyl (C=O) groups is 3. The van der Waals surface area contributed by atoms with E-state index in [9.17, 15) is 14.4 Å². The Bertz CT molecular complexity index is 813. The third-order valence-electron chi connectivity index (χ3n) is 12.4. The average molecular weight is 805 g/mol. The molecule has 0 saturated heterocycles. The fraction of sp³-hybridized carbons (Fsp3) is 0.942. The molecule has 0 aliphatic heterocycles. The molecule has 0 saturated carbocycles. The highest BCUT2D eigenvalue weighted by molar-refractivity contribution is 5.75. The smallest absolute Gasteiger partial charge is 0.308 e. The molecule has 0 aromatic rings. The van der Waals surface area contributed by atoms with Gasteiger partial charge in [-0.2, -0.15) is 0 Å². The van der Waals surface area contributed by atoms with Crippen LogP contribution in [0.3, 0.4) is 0 Å². The molecule has 5 heteroatoms. The van der Waals surface area contributed by atoms with E-state index in [0.29, 0.717) is 19.0 Å². The second kappa shape index (κ2) is 44.2. The van der Waals surface area contributed by atoms with Gasteiger partial charge in [0.25, 0.3) is 0 Å². The molecule has 0 aromatic carbocycles. The minimum Gasteiger partial charge on any atom is -0.465 e. The standard InChI is InChI=1S/C52H100O5/c1-6-10-14-18-20-33-43-49(41-31-16-12-8-3)51(54)56-45-35-24-22-28-38-48(40-30-26-27-37-47(5)53)39-29-23-25-36-46-57-52(55)50(42-32-17-13-9-4)44-34-21-19-15-11-7-2/h48-50H,6-46H2,1-5H3. The molecule has 0 aliphatic rings. The van der Waals surface area contributed by atoms with Crippen LogP contribution in [-0.2, 0) is 23.9 Å². The number of Topliss-reactive ketones (excluding diaryl/α,β-unsaturated/α-hetero) is 1. The molecule has 0 radical (unpaired) electrons. The number of unbranched alkanes of at least 4 members (excludes halogenated alkanes) is 24. The zero-order valence-corrected chi connectivity index (χ0v) is 39.3. The van der Waals surface area contributed by atoms with E-state index in [1.165, 1.54) is 154 Å². The first-order valence-corrected chi connectivity index (χ1v) is 25.7. The van der Waals surface area contributed by atoms with Gasteiger partial charge in [-0.25, -0.2) is 0 Å². The Morgan fingerprint density at radius 2 is 0.596 bits per heavy atom. The number of ketones is 1. The van der Waals surface area contributed by atoms with Crippen molar-refractivity contribution in [1.82, 2.24) is 0 Å². The zero-order chi connectivity index (χ0) is 41.9. The number of carbonyl (C=O) groups excluding carboxylic acids is 3. The molecular formula is C52H100O5. The third kappa shape index (κ3) is 38.6. The molecule has 0 aliphatic carbocycles. The maximum absolute atomic E-state index is 13.0. The van der Waals surface area contributed by atoms with Gasteiger partial charge in [0.1, 0.15) is 5.78 Å². The number of ether oxygens (including phenoxy) is 2. The molecule has 0 spiro atoms. The van der Waals surface area contributed by atoms with Crippen molar-refractivity contribution in [3.63, 3.8) is 0 Å². The molecule has 0 aromatic heterocycles. The number of rotatable bonds is 46. The van der Waals surface area contributed by atoms with Crippen LogP contribution in [0.2, 0.25) is 0 Å². The van der Waals surface area contributed by atoms with Crippen LogP contribution in [-0.4, -0.2) is 30.9 Å². The molecule has 0 fully saturated rings. The Morgan fingerprint density at radius 1 is 0.333 bits per heavy atom. The van der Waals surface area contributed by atoms with E-state index in [2.05, 4.69) is 27.7 Å². The Balaban J connectivity index is 4.55. The maximum Gasteiger partial charge on any atom is 0.308 e. The summed E-state index contributed by atoms with van der Waals surface area (Å²) < 4.78 is 11.7. The minimum absolute atomic E-state index is 0.0635. The van der Waals surface area contributed by atoms with Crippen molar-refractivity contribution in [2.45, 2.75) is 285 Å². The molecule has 2 atom stereocenters. The molecule has 0 heterocycles. The predicted molar refractivity (Wildman–Crippen MR) is 246 cm³/mol. The van der Waals surface area contributed by atoms with Crippen LogP contribution in [0.15, 0.2) is 0 Å². The molecule has 338 valence electrons. The fourth-order valence-electron chi connectivity index (χ4n) is 8.51. The van der Waals surface area contributed by atoms with E-state index in [1.807, 2.05) is 0 Å². The lowest BCUT2D eigenvalue weighted by Crippen LogP contribution is -2.18. The van der Waals surface area contributed by atoms with Crippen molar-refractivity contribution in [3.8, 4) is 0 Å². The van der Waals surface area contributed by atoms with Gasteiger partial charge in [-0.1, -0.05) is 227 Å². The quantitative estimate of drug-likeness (QED) is 0.0453. The van der Waals surface area contributed by atoms with Crippen molar-refractivity contribution in [3.05, 3.63) is 0 Å². The van der Waals surface area contributed by atoms with Crippen molar-refractivity contribution in [1.29, 1.82) is 0 Å². The second-order valence-electron chi connectivity index (χ2n) is 18.1. The van der Waals surface area contributed by atoms with E-state index < -0.39 is 0 Å².